The number of fused-ring (bicyclic) bond motifs is 1. The summed E-state index contributed by atoms with van der Waals surface area (Å²) in [6.45, 7) is 0.950. The van der Waals surface area contributed by atoms with Gasteiger partial charge in [-0.2, -0.15) is 0 Å². The number of para-hydroxylation sites is 1. The van der Waals surface area contributed by atoms with Gasteiger partial charge >= 0.3 is 0 Å². The zero-order valence-corrected chi connectivity index (χ0v) is 15.5. The number of carbonyl (C=O) groups excluding carboxylic acids is 1. The Bertz CT molecular complexity index is 1030. The van der Waals surface area contributed by atoms with Gasteiger partial charge in [0.15, 0.2) is 9.84 Å². The summed E-state index contributed by atoms with van der Waals surface area (Å²) in [7, 11) is -3.29. The van der Waals surface area contributed by atoms with Gasteiger partial charge in [0.2, 0.25) is 5.91 Å². The molecule has 8 nitrogen and oxygen atoms in total. The Morgan fingerprint density at radius 2 is 1.93 bits per heavy atom. The van der Waals surface area contributed by atoms with Gasteiger partial charge in [0.1, 0.15) is 23.6 Å². The van der Waals surface area contributed by atoms with E-state index in [1.54, 1.807) is 21.7 Å². The maximum atomic E-state index is 12.6. The van der Waals surface area contributed by atoms with Crippen molar-refractivity contribution in [3.8, 4) is 0 Å². The Balaban J connectivity index is 1.36. The highest BCUT2D eigenvalue weighted by atomic mass is 32.2. The molecular weight excluding hydrogens is 368 g/mol. The largest absolute Gasteiger partial charge is 0.468 e. The summed E-state index contributed by atoms with van der Waals surface area (Å²) >= 11 is 0. The normalized spacial score (nSPS) is 16.1. The van der Waals surface area contributed by atoms with Gasteiger partial charge in [-0.1, -0.05) is 17.3 Å². The van der Waals surface area contributed by atoms with Crippen LogP contribution in [0.3, 0.4) is 0 Å². The van der Waals surface area contributed by atoms with Gasteiger partial charge < -0.3 is 9.32 Å². The van der Waals surface area contributed by atoms with Crippen LogP contribution in [0.4, 0.5) is 0 Å². The van der Waals surface area contributed by atoms with Crippen molar-refractivity contribution in [1.29, 1.82) is 0 Å². The molecule has 9 heteroatoms. The third-order valence-corrected chi connectivity index (χ3v) is 7.11. The van der Waals surface area contributed by atoms with Gasteiger partial charge in [-0.05, 0) is 37.1 Å². The number of rotatable bonds is 5. The summed E-state index contributed by atoms with van der Waals surface area (Å²) in [4.78, 5) is 14.3. The topological polar surface area (TPSA) is 98.3 Å². The van der Waals surface area contributed by atoms with Crippen LogP contribution in [0.2, 0.25) is 0 Å². The molecular formula is C18H20N4O4S. The fraction of sp³-hybridized carbons (Fsp3) is 0.389. The lowest BCUT2D eigenvalue weighted by Gasteiger charge is -2.31. The maximum absolute atomic E-state index is 12.6. The number of likely N-dealkylation sites (tertiary alicyclic amines) is 1. The first kappa shape index (κ1) is 17.7. The molecule has 0 unspecified atom stereocenters. The summed E-state index contributed by atoms with van der Waals surface area (Å²) in [5.74, 6) is 0.280. The molecule has 3 heterocycles. The molecule has 0 radical (unpaired) electrons. The average Bonchev–Trinajstić information content (AvgIpc) is 3.32. The van der Waals surface area contributed by atoms with Crippen LogP contribution in [-0.2, 0) is 26.9 Å². The first-order valence-corrected chi connectivity index (χ1v) is 10.5. The maximum Gasteiger partial charge on any atom is 0.244 e. The summed E-state index contributed by atoms with van der Waals surface area (Å²) in [6, 6.07) is 10.8. The number of sulfone groups is 1. The van der Waals surface area contributed by atoms with E-state index < -0.39 is 15.1 Å². The minimum Gasteiger partial charge on any atom is -0.468 e. The van der Waals surface area contributed by atoms with Gasteiger partial charge in [0.05, 0.1) is 17.0 Å². The Hall–Kier alpha value is -2.68. The molecule has 2 aromatic heterocycles. The zero-order chi connectivity index (χ0) is 18.9. The first-order valence-electron chi connectivity index (χ1n) is 8.83. The summed E-state index contributed by atoms with van der Waals surface area (Å²) in [5.41, 5.74) is 1.55. The lowest BCUT2D eigenvalue weighted by Crippen LogP contribution is -2.44. The van der Waals surface area contributed by atoms with Gasteiger partial charge in [-0.3, -0.25) is 4.79 Å². The lowest BCUT2D eigenvalue weighted by molar-refractivity contribution is -0.132. The van der Waals surface area contributed by atoms with Crippen molar-refractivity contribution in [3.63, 3.8) is 0 Å². The van der Waals surface area contributed by atoms with E-state index in [9.17, 15) is 13.2 Å². The van der Waals surface area contributed by atoms with Crippen molar-refractivity contribution in [2.45, 2.75) is 30.4 Å². The van der Waals surface area contributed by atoms with Crippen molar-refractivity contribution in [2.75, 3.05) is 13.1 Å². The van der Waals surface area contributed by atoms with E-state index in [4.69, 9.17) is 4.42 Å². The molecule has 0 aliphatic carbocycles. The molecule has 1 fully saturated rings. The average molecular weight is 388 g/mol. The van der Waals surface area contributed by atoms with Gasteiger partial charge in [-0.25, -0.2) is 13.1 Å². The highest BCUT2D eigenvalue weighted by Gasteiger charge is 2.32. The van der Waals surface area contributed by atoms with Crippen LogP contribution in [0.15, 0.2) is 47.1 Å². The van der Waals surface area contributed by atoms with E-state index in [2.05, 4.69) is 10.3 Å². The summed E-state index contributed by atoms with van der Waals surface area (Å²) in [6.07, 6.45) is 2.35. The van der Waals surface area contributed by atoms with E-state index >= 15 is 0 Å². The van der Waals surface area contributed by atoms with Crippen molar-refractivity contribution in [3.05, 3.63) is 48.4 Å². The number of carbonyl (C=O) groups is 1. The second-order valence-electron chi connectivity index (χ2n) is 6.70. The third-order valence-electron chi connectivity index (χ3n) is 4.93. The Kier molecular flexibility index (Phi) is 4.69. The number of hydrogen-bond acceptors (Lipinski definition) is 6. The zero-order valence-electron chi connectivity index (χ0n) is 14.7. The molecule has 27 heavy (non-hydrogen) atoms. The molecule has 142 valence electrons. The smallest absolute Gasteiger partial charge is 0.244 e. The first-order chi connectivity index (χ1) is 13.0. The van der Waals surface area contributed by atoms with Crippen molar-refractivity contribution in [1.82, 2.24) is 19.9 Å². The number of furan rings is 1. The monoisotopic (exact) mass is 388 g/mol. The Labute approximate surface area is 156 Å². The molecule has 1 aliphatic rings. The molecule has 0 N–H and O–H groups in total. The lowest BCUT2D eigenvalue weighted by atomic mass is 10.1. The quantitative estimate of drug-likeness (QED) is 0.659. The minimum absolute atomic E-state index is 0.0764. The molecule has 0 saturated carbocycles. The molecule has 0 bridgehead atoms. The Morgan fingerprint density at radius 1 is 1.15 bits per heavy atom. The van der Waals surface area contributed by atoms with Crippen molar-refractivity contribution < 1.29 is 17.6 Å². The highest BCUT2D eigenvalue weighted by Crippen LogP contribution is 2.22. The fourth-order valence-electron chi connectivity index (χ4n) is 3.44. The van der Waals surface area contributed by atoms with Crippen LogP contribution in [0.5, 0.6) is 0 Å². The minimum atomic E-state index is -3.29. The van der Waals surface area contributed by atoms with Crippen LogP contribution in [0.25, 0.3) is 11.0 Å². The van der Waals surface area contributed by atoms with Crippen LogP contribution in [-0.4, -0.2) is 52.6 Å². The molecule has 1 saturated heterocycles. The summed E-state index contributed by atoms with van der Waals surface area (Å²) in [5, 5.41) is 7.64. The van der Waals surface area contributed by atoms with Crippen LogP contribution < -0.4 is 0 Å². The molecule has 1 aromatic carbocycles. The Morgan fingerprint density at radius 3 is 2.67 bits per heavy atom. The molecule has 1 amide bonds. The van der Waals surface area contributed by atoms with Crippen LogP contribution >= 0.6 is 0 Å². The highest BCUT2D eigenvalue weighted by molar-refractivity contribution is 7.91. The van der Waals surface area contributed by atoms with E-state index in [-0.39, 0.29) is 18.2 Å². The number of benzene rings is 1. The van der Waals surface area contributed by atoms with Crippen LogP contribution in [0.1, 0.15) is 18.6 Å². The van der Waals surface area contributed by atoms with Crippen molar-refractivity contribution in [2.24, 2.45) is 0 Å². The predicted octanol–water partition coefficient (Wildman–Crippen LogP) is 1.63. The number of amides is 1. The van der Waals surface area contributed by atoms with E-state index in [0.717, 1.165) is 11.0 Å². The van der Waals surface area contributed by atoms with Crippen molar-refractivity contribution >= 4 is 26.8 Å². The molecule has 0 spiro atoms. The molecule has 3 aromatic rings. The molecule has 4 rings (SSSR count). The number of hydrogen-bond donors (Lipinski definition) is 0. The number of nitrogens with zero attached hydrogens (tertiary/aromatic N) is 4. The number of aromatic nitrogens is 3. The number of piperidine rings is 1. The van der Waals surface area contributed by atoms with E-state index in [1.807, 2.05) is 24.3 Å². The van der Waals surface area contributed by atoms with Gasteiger partial charge in [0, 0.05) is 13.1 Å². The predicted molar refractivity (Wildman–Crippen MR) is 98.5 cm³/mol. The second kappa shape index (κ2) is 7.15. The standard InChI is InChI=1S/C18H20N4O4S/c23-18(12-22-17-6-2-1-5-16(17)19-20-22)21-9-7-15(8-10-21)27(24,25)13-14-4-3-11-26-14/h1-6,11,15H,7-10,12-13H2. The summed E-state index contributed by atoms with van der Waals surface area (Å²) < 4.78 is 31.8. The van der Waals surface area contributed by atoms with Crippen LogP contribution in [0, 0.1) is 0 Å². The molecule has 0 atom stereocenters. The van der Waals surface area contributed by atoms with Gasteiger partial charge in [-0.15, -0.1) is 5.10 Å². The second-order valence-corrected chi connectivity index (χ2v) is 8.98. The third kappa shape index (κ3) is 3.73. The fourth-order valence-corrected chi connectivity index (χ4v) is 5.16. The molecule has 1 aliphatic heterocycles. The SMILES string of the molecule is O=C(Cn1nnc2ccccc21)N1CCC(S(=O)(=O)Cc2ccco2)CC1. The van der Waals surface area contributed by atoms with E-state index in [1.165, 1.54) is 6.26 Å². The van der Waals surface area contributed by atoms with Gasteiger partial charge in [0.25, 0.3) is 0 Å². The van der Waals surface area contributed by atoms with E-state index in [0.29, 0.717) is 31.7 Å².